The van der Waals surface area contributed by atoms with Crippen molar-refractivity contribution in [3.8, 4) is 11.5 Å². The Morgan fingerprint density at radius 2 is 1.81 bits per heavy atom. The van der Waals surface area contributed by atoms with Crippen LogP contribution in [0.2, 0.25) is 0 Å². The van der Waals surface area contributed by atoms with Gasteiger partial charge in [0.25, 0.3) is 5.91 Å². The molecule has 1 amide bonds. The smallest absolute Gasteiger partial charge is 0.257 e. The maximum absolute atomic E-state index is 12.6. The van der Waals surface area contributed by atoms with Gasteiger partial charge in [0.15, 0.2) is 10.7 Å². The van der Waals surface area contributed by atoms with Crippen molar-refractivity contribution in [2.24, 2.45) is 0 Å². The van der Waals surface area contributed by atoms with E-state index in [0.29, 0.717) is 28.2 Å². The number of anilines is 1. The fourth-order valence-electron chi connectivity index (χ4n) is 3.33. The third-order valence-electron chi connectivity index (χ3n) is 4.84. The highest BCUT2D eigenvalue weighted by atomic mass is 79.9. The van der Waals surface area contributed by atoms with Gasteiger partial charge < -0.3 is 9.73 Å². The van der Waals surface area contributed by atoms with E-state index >= 15 is 0 Å². The van der Waals surface area contributed by atoms with Crippen LogP contribution in [0, 0.1) is 0 Å². The van der Waals surface area contributed by atoms with Crippen molar-refractivity contribution >= 4 is 66.7 Å². The van der Waals surface area contributed by atoms with Gasteiger partial charge in [-0.3, -0.25) is 15.1 Å². The average molecular weight is 503 g/mol. The van der Waals surface area contributed by atoms with Crippen LogP contribution in [0.3, 0.4) is 0 Å². The van der Waals surface area contributed by atoms with Gasteiger partial charge in [-0.25, -0.2) is 4.98 Å². The van der Waals surface area contributed by atoms with Crippen molar-refractivity contribution in [1.82, 2.24) is 15.3 Å². The second kappa shape index (κ2) is 8.49. The first kappa shape index (κ1) is 20.3. The number of fused-ring (bicyclic) bond motifs is 2. The topological polar surface area (TPSA) is 80.0 Å². The first-order valence-corrected chi connectivity index (χ1v) is 10.9. The normalized spacial score (nSPS) is 10.9. The largest absolute Gasteiger partial charge is 0.436 e. The number of hydrogen-bond donors (Lipinski definition) is 2. The van der Waals surface area contributed by atoms with Gasteiger partial charge in [0.1, 0.15) is 5.52 Å². The molecule has 6 nitrogen and oxygen atoms in total. The van der Waals surface area contributed by atoms with Crippen molar-refractivity contribution in [3.05, 3.63) is 89.2 Å². The van der Waals surface area contributed by atoms with Crippen LogP contribution in [0.25, 0.3) is 33.3 Å². The number of benzene rings is 3. The molecule has 3 aromatic carbocycles. The molecule has 5 aromatic rings. The molecular weight excluding hydrogens is 488 g/mol. The number of amides is 1. The highest BCUT2D eigenvalue weighted by molar-refractivity contribution is 9.10. The first-order chi connectivity index (χ1) is 15.5. The Labute approximate surface area is 196 Å². The van der Waals surface area contributed by atoms with E-state index in [9.17, 15) is 4.79 Å². The van der Waals surface area contributed by atoms with Crippen LogP contribution in [0.4, 0.5) is 5.69 Å². The number of nitrogens with zero attached hydrogens (tertiary/aromatic N) is 2. The lowest BCUT2D eigenvalue weighted by atomic mass is 10.1. The minimum absolute atomic E-state index is 0.197. The summed E-state index contributed by atoms with van der Waals surface area (Å²) in [4.78, 5) is 21.3. The van der Waals surface area contributed by atoms with E-state index in [1.165, 1.54) is 0 Å². The molecule has 2 heterocycles. The van der Waals surface area contributed by atoms with Gasteiger partial charge >= 0.3 is 0 Å². The van der Waals surface area contributed by atoms with E-state index in [2.05, 4.69) is 36.5 Å². The van der Waals surface area contributed by atoms with Crippen LogP contribution >= 0.6 is 28.1 Å². The lowest BCUT2D eigenvalue weighted by Gasteiger charge is -2.10. The van der Waals surface area contributed by atoms with E-state index in [-0.39, 0.29) is 11.0 Å². The van der Waals surface area contributed by atoms with Crippen molar-refractivity contribution in [2.75, 3.05) is 5.32 Å². The fourth-order valence-corrected chi connectivity index (χ4v) is 3.90. The summed E-state index contributed by atoms with van der Waals surface area (Å²) in [5.74, 6) is 0.193. The van der Waals surface area contributed by atoms with Gasteiger partial charge in [-0.05, 0) is 75.3 Å². The number of rotatable bonds is 3. The second-order valence-electron chi connectivity index (χ2n) is 7.06. The van der Waals surface area contributed by atoms with Crippen LogP contribution in [0.15, 0.2) is 88.0 Å². The lowest BCUT2D eigenvalue weighted by molar-refractivity contribution is 0.0978. The Balaban J connectivity index is 1.31. The zero-order chi connectivity index (χ0) is 22.1. The van der Waals surface area contributed by atoms with Crippen LogP contribution in [0.5, 0.6) is 0 Å². The number of pyridine rings is 1. The van der Waals surface area contributed by atoms with E-state index < -0.39 is 0 Å². The molecule has 0 fully saturated rings. The van der Waals surface area contributed by atoms with Gasteiger partial charge in [0, 0.05) is 28.1 Å². The van der Waals surface area contributed by atoms with Crippen LogP contribution in [-0.2, 0) is 0 Å². The number of aromatic nitrogens is 2. The standard InChI is InChI=1S/C24H15BrN4O2S/c25-18-10-17(12-26-13-18)23-28-20-11-19(7-8-21(20)31-23)27-24(32)29-22(30)16-6-5-14-3-1-2-4-15(14)9-16/h1-13H,(H2,27,29,30,32). The Kier molecular flexibility index (Phi) is 5.38. The monoisotopic (exact) mass is 502 g/mol. The molecule has 0 saturated carbocycles. The van der Waals surface area contributed by atoms with Crippen LogP contribution in [-0.4, -0.2) is 21.0 Å². The maximum Gasteiger partial charge on any atom is 0.257 e. The predicted octanol–water partition coefficient (Wildman–Crippen LogP) is 5.93. The van der Waals surface area contributed by atoms with Gasteiger partial charge in [0.05, 0.1) is 5.56 Å². The summed E-state index contributed by atoms with van der Waals surface area (Å²) >= 11 is 8.73. The molecule has 0 atom stereocenters. The summed E-state index contributed by atoms with van der Waals surface area (Å²) in [7, 11) is 0. The third kappa shape index (κ3) is 4.23. The Hall–Kier alpha value is -3.62. The number of thiocarbonyl (C=S) groups is 1. The van der Waals surface area contributed by atoms with Crippen LogP contribution in [0.1, 0.15) is 10.4 Å². The average Bonchev–Trinajstić information content (AvgIpc) is 3.22. The highest BCUT2D eigenvalue weighted by Gasteiger charge is 2.12. The number of carbonyl (C=O) groups excluding carboxylic acids is 1. The molecule has 0 saturated heterocycles. The number of carbonyl (C=O) groups is 1. The zero-order valence-corrected chi connectivity index (χ0v) is 18.9. The summed E-state index contributed by atoms with van der Waals surface area (Å²) < 4.78 is 6.66. The fraction of sp³-hybridized carbons (Fsp3) is 0. The zero-order valence-electron chi connectivity index (χ0n) is 16.5. The molecule has 0 radical (unpaired) electrons. The molecule has 0 spiro atoms. The van der Waals surface area contributed by atoms with E-state index in [0.717, 1.165) is 20.8 Å². The molecule has 5 rings (SSSR count). The molecular formula is C24H15BrN4O2S. The van der Waals surface area contributed by atoms with Gasteiger partial charge in [-0.15, -0.1) is 0 Å². The summed E-state index contributed by atoms with van der Waals surface area (Å²) in [6.07, 6.45) is 3.38. The molecule has 0 unspecified atom stereocenters. The molecule has 0 aliphatic carbocycles. The van der Waals surface area contributed by atoms with Crippen molar-refractivity contribution in [1.29, 1.82) is 0 Å². The second-order valence-corrected chi connectivity index (χ2v) is 8.39. The highest BCUT2D eigenvalue weighted by Crippen LogP contribution is 2.27. The van der Waals surface area contributed by atoms with Crippen molar-refractivity contribution in [3.63, 3.8) is 0 Å². The summed E-state index contributed by atoms with van der Waals surface area (Å²) in [6.45, 7) is 0. The summed E-state index contributed by atoms with van der Waals surface area (Å²) in [6, 6.07) is 20.7. The minimum Gasteiger partial charge on any atom is -0.436 e. The molecule has 156 valence electrons. The van der Waals surface area contributed by atoms with Gasteiger partial charge in [0.2, 0.25) is 5.89 Å². The number of oxazole rings is 1. The van der Waals surface area contributed by atoms with Gasteiger partial charge in [-0.2, -0.15) is 0 Å². The van der Waals surface area contributed by atoms with Crippen molar-refractivity contribution in [2.45, 2.75) is 0 Å². The van der Waals surface area contributed by atoms with Crippen LogP contribution < -0.4 is 10.6 Å². The number of nitrogens with one attached hydrogen (secondary N) is 2. The van der Waals surface area contributed by atoms with E-state index in [1.807, 2.05) is 54.6 Å². The molecule has 0 aliphatic rings. The molecule has 2 N–H and O–H groups in total. The molecule has 0 bridgehead atoms. The summed E-state index contributed by atoms with van der Waals surface area (Å²) in [5, 5.41) is 8.01. The predicted molar refractivity (Wildman–Crippen MR) is 133 cm³/mol. The van der Waals surface area contributed by atoms with Gasteiger partial charge in [-0.1, -0.05) is 30.3 Å². The third-order valence-corrected chi connectivity index (χ3v) is 5.47. The number of halogens is 1. The quantitative estimate of drug-likeness (QED) is 0.297. The summed E-state index contributed by atoms with van der Waals surface area (Å²) in [5.41, 5.74) is 3.29. The Morgan fingerprint density at radius 3 is 2.66 bits per heavy atom. The molecule has 0 aliphatic heterocycles. The molecule has 8 heteroatoms. The molecule has 32 heavy (non-hydrogen) atoms. The van der Waals surface area contributed by atoms with Crippen molar-refractivity contribution < 1.29 is 9.21 Å². The maximum atomic E-state index is 12.6. The number of hydrogen-bond acceptors (Lipinski definition) is 5. The Morgan fingerprint density at radius 1 is 0.969 bits per heavy atom. The van der Waals surface area contributed by atoms with E-state index in [4.69, 9.17) is 16.6 Å². The SMILES string of the molecule is O=C(NC(=S)Nc1ccc2oc(-c3cncc(Br)c3)nc2c1)c1ccc2ccccc2c1. The minimum atomic E-state index is -0.278. The lowest BCUT2D eigenvalue weighted by Crippen LogP contribution is -2.34. The van der Waals surface area contributed by atoms with E-state index in [1.54, 1.807) is 24.5 Å². The molecule has 2 aromatic heterocycles. The first-order valence-electron chi connectivity index (χ1n) is 9.68. The Bertz CT molecular complexity index is 1500.